The molecule has 0 radical (unpaired) electrons. The summed E-state index contributed by atoms with van der Waals surface area (Å²) in [4.78, 5) is 43.9. The number of nitrogens with zero attached hydrogens (tertiary/aromatic N) is 4. The summed E-state index contributed by atoms with van der Waals surface area (Å²) in [5.74, 6) is -0.285. The van der Waals surface area contributed by atoms with Crippen molar-refractivity contribution >= 4 is 17.7 Å². The number of amides is 3. The first-order valence-electron chi connectivity index (χ1n) is 16.1. The van der Waals surface area contributed by atoms with Gasteiger partial charge in [-0.2, -0.15) is 5.10 Å². The fraction of sp³-hybridized carbons (Fsp3) is 0.636. The van der Waals surface area contributed by atoms with E-state index in [0.717, 1.165) is 61.2 Å². The highest BCUT2D eigenvalue weighted by Gasteiger charge is 2.55. The van der Waals surface area contributed by atoms with Gasteiger partial charge in [0.15, 0.2) is 0 Å². The fourth-order valence-corrected chi connectivity index (χ4v) is 7.31. The monoisotopic (exact) mass is 592 g/mol. The van der Waals surface area contributed by atoms with E-state index < -0.39 is 17.7 Å². The zero-order chi connectivity index (χ0) is 30.7. The molecule has 1 saturated carbocycles. The first kappa shape index (κ1) is 31.2. The number of aryl methyl sites for hydroxylation is 1. The lowest BCUT2D eigenvalue weighted by Crippen LogP contribution is -2.75. The molecule has 2 saturated heterocycles. The van der Waals surface area contributed by atoms with Gasteiger partial charge >= 0.3 is 0 Å². The van der Waals surface area contributed by atoms with Crippen LogP contribution in [0.5, 0.6) is 0 Å². The molecule has 2 aliphatic heterocycles. The van der Waals surface area contributed by atoms with Crippen molar-refractivity contribution in [1.29, 1.82) is 0 Å². The summed E-state index contributed by atoms with van der Waals surface area (Å²) < 4.78 is 1.92. The Morgan fingerprint density at radius 1 is 1.12 bits per heavy atom. The zero-order valence-electron chi connectivity index (χ0n) is 26.2. The van der Waals surface area contributed by atoms with E-state index >= 15 is 0 Å². The normalized spacial score (nSPS) is 22.1. The Labute approximate surface area is 255 Å². The van der Waals surface area contributed by atoms with E-state index in [1.165, 1.54) is 6.42 Å². The summed E-state index contributed by atoms with van der Waals surface area (Å²) in [6.07, 6.45) is 7.18. The van der Waals surface area contributed by atoms with E-state index in [0.29, 0.717) is 44.6 Å². The maximum Gasteiger partial charge on any atom is 0.251 e. The Bertz CT molecular complexity index is 1310. The lowest BCUT2D eigenvalue weighted by Gasteiger charge is -2.52. The van der Waals surface area contributed by atoms with E-state index in [4.69, 9.17) is 5.10 Å². The van der Waals surface area contributed by atoms with Crippen LogP contribution >= 0.6 is 0 Å². The lowest BCUT2D eigenvalue weighted by atomic mass is 9.78. The third kappa shape index (κ3) is 6.09. The number of benzene rings is 1. The second kappa shape index (κ2) is 13.2. The Morgan fingerprint density at radius 2 is 1.79 bits per heavy atom. The molecule has 3 aliphatic rings. The van der Waals surface area contributed by atoms with Crippen LogP contribution in [0.2, 0.25) is 0 Å². The van der Waals surface area contributed by atoms with Crippen molar-refractivity contribution in [3.8, 4) is 5.69 Å². The molecule has 1 spiro atoms. The largest absolute Gasteiger partial charge is 0.390 e. The van der Waals surface area contributed by atoms with Crippen molar-refractivity contribution in [1.82, 2.24) is 30.2 Å². The summed E-state index contributed by atoms with van der Waals surface area (Å²) in [6, 6.07) is 6.56. The third-order valence-electron chi connectivity index (χ3n) is 10.1. The number of piperidine rings is 1. The van der Waals surface area contributed by atoms with Crippen LogP contribution in [-0.4, -0.2) is 86.8 Å². The number of carbonyl (C=O) groups excluding carboxylic acids is 3. The second-order valence-electron chi connectivity index (χ2n) is 12.7. The van der Waals surface area contributed by atoms with Crippen molar-refractivity contribution in [2.45, 2.75) is 103 Å². The van der Waals surface area contributed by atoms with E-state index in [9.17, 15) is 19.5 Å². The summed E-state index contributed by atoms with van der Waals surface area (Å²) >= 11 is 0. The Kier molecular flexibility index (Phi) is 9.56. The van der Waals surface area contributed by atoms with Gasteiger partial charge in [-0.15, -0.1) is 0 Å². The molecule has 3 heterocycles. The van der Waals surface area contributed by atoms with Gasteiger partial charge < -0.3 is 20.6 Å². The fourth-order valence-electron chi connectivity index (χ4n) is 7.31. The Hall–Kier alpha value is -3.24. The molecule has 43 heavy (non-hydrogen) atoms. The molecule has 2 aromatic rings. The number of aliphatic hydroxyl groups excluding tert-OH is 1. The molecule has 2 unspecified atom stereocenters. The van der Waals surface area contributed by atoms with Gasteiger partial charge in [-0.25, -0.2) is 4.68 Å². The van der Waals surface area contributed by atoms with Gasteiger partial charge in [0.05, 0.1) is 17.5 Å². The van der Waals surface area contributed by atoms with Crippen LogP contribution in [-0.2, 0) is 16.1 Å². The number of aliphatic hydroxyl groups is 1. The van der Waals surface area contributed by atoms with Gasteiger partial charge in [-0.1, -0.05) is 32.6 Å². The number of unbranched alkanes of at least 4 members (excludes halogenated alkanes) is 1. The average Bonchev–Trinajstić information content (AvgIpc) is 3.31. The predicted molar refractivity (Wildman–Crippen MR) is 165 cm³/mol. The first-order chi connectivity index (χ1) is 20.7. The summed E-state index contributed by atoms with van der Waals surface area (Å²) in [7, 11) is 1.62. The lowest BCUT2D eigenvalue weighted by molar-refractivity contribution is -0.166. The van der Waals surface area contributed by atoms with Crippen LogP contribution in [0.1, 0.15) is 92.0 Å². The smallest absolute Gasteiger partial charge is 0.251 e. The van der Waals surface area contributed by atoms with Crippen LogP contribution < -0.4 is 10.6 Å². The van der Waals surface area contributed by atoms with Crippen LogP contribution in [0.25, 0.3) is 5.69 Å². The van der Waals surface area contributed by atoms with E-state index in [2.05, 4.69) is 29.4 Å². The van der Waals surface area contributed by atoms with Crippen LogP contribution in [0.15, 0.2) is 24.3 Å². The van der Waals surface area contributed by atoms with Crippen molar-refractivity contribution in [2.75, 3.05) is 26.7 Å². The van der Waals surface area contributed by atoms with Gasteiger partial charge in [0.25, 0.3) is 5.91 Å². The van der Waals surface area contributed by atoms with Crippen molar-refractivity contribution in [2.24, 2.45) is 5.92 Å². The highest BCUT2D eigenvalue weighted by atomic mass is 16.3. The molecule has 0 bridgehead atoms. The van der Waals surface area contributed by atoms with Gasteiger partial charge in [0.2, 0.25) is 11.8 Å². The minimum atomic E-state index is -0.869. The van der Waals surface area contributed by atoms with Crippen molar-refractivity contribution < 1.29 is 19.5 Å². The van der Waals surface area contributed by atoms with E-state index in [-0.39, 0.29) is 23.6 Å². The number of likely N-dealkylation sites (tertiary alicyclic amines) is 1. The number of aromatic nitrogens is 2. The summed E-state index contributed by atoms with van der Waals surface area (Å²) in [6.45, 7) is 8.79. The number of piperazine rings is 1. The summed E-state index contributed by atoms with van der Waals surface area (Å²) in [5, 5.41) is 21.7. The van der Waals surface area contributed by atoms with Crippen LogP contribution in [0.3, 0.4) is 0 Å². The molecule has 2 atom stereocenters. The zero-order valence-corrected chi connectivity index (χ0v) is 26.2. The molecule has 1 aromatic heterocycles. The second-order valence-corrected chi connectivity index (χ2v) is 12.7. The molecule has 3 N–H and O–H groups in total. The van der Waals surface area contributed by atoms with E-state index in [1.807, 2.05) is 28.6 Å². The van der Waals surface area contributed by atoms with Gasteiger partial charge in [0.1, 0.15) is 11.6 Å². The SMILES string of the molecule is CCCCN1C(=O)C(C(O)C2CCCCC2)NC(=O)C12CCN(Cc1c(C)nn(-c3ccc(C(=O)NC)cc3)c1C)CC2. The molecular weight excluding hydrogens is 544 g/mol. The van der Waals surface area contributed by atoms with Crippen molar-refractivity contribution in [3.05, 3.63) is 46.8 Å². The Morgan fingerprint density at radius 3 is 2.42 bits per heavy atom. The highest BCUT2D eigenvalue weighted by molar-refractivity contribution is 6.00. The predicted octanol–water partition coefficient (Wildman–Crippen LogP) is 3.25. The molecule has 234 valence electrons. The molecule has 1 aliphatic carbocycles. The molecule has 1 aromatic carbocycles. The van der Waals surface area contributed by atoms with Crippen LogP contribution in [0.4, 0.5) is 0 Å². The van der Waals surface area contributed by atoms with Gasteiger partial charge in [-0.3, -0.25) is 19.3 Å². The number of hydrogen-bond donors (Lipinski definition) is 3. The molecule has 3 amide bonds. The number of carbonyl (C=O) groups is 3. The molecule has 10 heteroatoms. The molecule has 5 rings (SSSR count). The Balaban J connectivity index is 1.29. The highest BCUT2D eigenvalue weighted by Crippen LogP contribution is 2.37. The first-order valence-corrected chi connectivity index (χ1v) is 16.1. The minimum Gasteiger partial charge on any atom is -0.390 e. The third-order valence-corrected chi connectivity index (χ3v) is 10.1. The van der Waals surface area contributed by atoms with Gasteiger partial charge in [-0.05, 0) is 76.1 Å². The standard InChI is InChI=1S/C33H48N6O4/c1-5-6-18-38-31(42)28(29(40)24-10-8-7-9-11-24)35-32(43)33(38)16-19-37(20-17-33)21-27-22(2)36-39(23(27)3)26-14-12-25(13-15-26)30(41)34-4/h12-15,24,28-29,40H,5-11,16-21H2,1-4H3,(H,34,41)(H,35,43). The van der Waals surface area contributed by atoms with Crippen LogP contribution in [0, 0.1) is 19.8 Å². The minimum absolute atomic E-state index is 0.0631. The molecular formula is C33H48N6O4. The number of nitrogens with one attached hydrogen (secondary N) is 2. The average molecular weight is 593 g/mol. The maximum atomic E-state index is 13.9. The number of rotatable bonds is 9. The van der Waals surface area contributed by atoms with E-state index in [1.54, 1.807) is 19.2 Å². The number of hydrogen-bond acceptors (Lipinski definition) is 6. The van der Waals surface area contributed by atoms with Gasteiger partial charge in [0, 0.05) is 50.0 Å². The topological polar surface area (TPSA) is 120 Å². The van der Waals surface area contributed by atoms with Crippen molar-refractivity contribution in [3.63, 3.8) is 0 Å². The quantitative estimate of drug-likeness (QED) is 0.411. The molecule has 3 fully saturated rings. The summed E-state index contributed by atoms with van der Waals surface area (Å²) in [5.41, 5.74) is 3.76. The molecule has 10 nitrogen and oxygen atoms in total. The maximum absolute atomic E-state index is 13.9.